The Morgan fingerprint density at radius 3 is 1.34 bits per heavy atom. The predicted octanol–water partition coefficient (Wildman–Crippen LogP) is 3.21. The zero-order chi connectivity index (χ0) is 24.1. The van der Waals surface area contributed by atoms with E-state index in [0.29, 0.717) is 51.6 Å². The molecule has 0 radical (unpaired) electrons. The third kappa shape index (κ3) is 7.78. The first-order valence-corrected chi connectivity index (χ1v) is 11.8. The van der Waals surface area contributed by atoms with Crippen molar-refractivity contribution in [1.82, 2.24) is 9.80 Å². The van der Waals surface area contributed by atoms with Gasteiger partial charge in [-0.25, -0.2) is 9.59 Å². The van der Waals surface area contributed by atoms with E-state index in [1.807, 2.05) is 41.5 Å². The van der Waals surface area contributed by atoms with Crippen LogP contribution in [0, 0.1) is 0 Å². The molecule has 182 valence electrons. The monoisotopic (exact) mass is 452 g/mol. The summed E-state index contributed by atoms with van der Waals surface area (Å²) >= 11 is 0. The fraction of sp³-hybridized carbons (Fsp3) is 0.833. The molecule has 0 spiro atoms. The number of rotatable bonds is 7. The molecule has 2 rings (SSSR count). The molecule has 0 bridgehead atoms. The van der Waals surface area contributed by atoms with E-state index in [-0.39, 0.29) is 23.8 Å². The highest BCUT2D eigenvalue weighted by atomic mass is 16.6. The summed E-state index contributed by atoms with van der Waals surface area (Å²) in [6.07, 6.45) is 4.54. The fourth-order valence-electron chi connectivity index (χ4n) is 4.20. The van der Waals surface area contributed by atoms with Crippen molar-refractivity contribution in [2.24, 2.45) is 0 Å². The molecule has 0 saturated carbocycles. The zero-order valence-corrected chi connectivity index (χ0v) is 20.6. The molecule has 2 atom stereocenters. The highest BCUT2D eigenvalue weighted by Crippen LogP contribution is 2.24. The first-order valence-electron chi connectivity index (χ1n) is 11.8. The predicted molar refractivity (Wildman–Crippen MR) is 120 cm³/mol. The van der Waals surface area contributed by atoms with Gasteiger partial charge < -0.3 is 19.3 Å². The van der Waals surface area contributed by atoms with E-state index >= 15 is 0 Å². The fourth-order valence-corrected chi connectivity index (χ4v) is 4.20. The molecule has 8 nitrogen and oxygen atoms in total. The van der Waals surface area contributed by atoms with Crippen LogP contribution in [0.25, 0.3) is 0 Å². The van der Waals surface area contributed by atoms with Crippen LogP contribution in [0.5, 0.6) is 0 Å². The summed E-state index contributed by atoms with van der Waals surface area (Å²) in [4.78, 5) is 53.4. The maximum atomic E-state index is 12.7. The standard InChI is InChI=1S/C24H40N2O6/c1-23(2,3)31-21(29)17-11-9-15-25(17)19(27)13-7-8-14-20(28)26-16-10-12-18(26)22(30)32-24(4,5)6/h17-18H,7-16H2,1-6H3/t17-,18-/m1/s1. The quantitative estimate of drug-likeness (QED) is 0.435. The number of hydrogen-bond donors (Lipinski definition) is 0. The van der Waals surface area contributed by atoms with Gasteiger partial charge in [0, 0.05) is 25.9 Å². The summed E-state index contributed by atoms with van der Waals surface area (Å²) in [5, 5.41) is 0. The Hall–Kier alpha value is -2.12. The van der Waals surface area contributed by atoms with Crippen molar-refractivity contribution in [2.75, 3.05) is 13.1 Å². The summed E-state index contributed by atoms with van der Waals surface area (Å²) in [5.74, 6) is -0.835. The third-order valence-electron chi connectivity index (χ3n) is 5.54. The van der Waals surface area contributed by atoms with Crippen LogP contribution in [0.1, 0.15) is 92.9 Å². The minimum absolute atomic E-state index is 0.0707. The number of ether oxygens (including phenoxy) is 2. The molecule has 0 aromatic carbocycles. The highest BCUT2D eigenvalue weighted by molar-refractivity contribution is 5.86. The van der Waals surface area contributed by atoms with Gasteiger partial charge in [0.2, 0.25) is 11.8 Å². The van der Waals surface area contributed by atoms with Gasteiger partial charge in [-0.3, -0.25) is 9.59 Å². The molecule has 0 unspecified atom stereocenters. The summed E-state index contributed by atoms with van der Waals surface area (Å²) in [7, 11) is 0. The lowest BCUT2D eigenvalue weighted by Crippen LogP contribution is -2.43. The third-order valence-corrected chi connectivity index (χ3v) is 5.54. The molecule has 2 heterocycles. The van der Waals surface area contributed by atoms with Gasteiger partial charge in [-0.05, 0) is 80.1 Å². The summed E-state index contributed by atoms with van der Waals surface area (Å²) in [6, 6.07) is -1.02. The van der Waals surface area contributed by atoms with Gasteiger partial charge in [0.05, 0.1) is 0 Å². The second-order valence-electron chi connectivity index (χ2n) is 10.8. The van der Waals surface area contributed by atoms with Crippen molar-refractivity contribution in [1.29, 1.82) is 0 Å². The van der Waals surface area contributed by atoms with Crippen molar-refractivity contribution < 1.29 is 28.7 Å². The van der Waals surface area contributed by atoms with Crippen molar-refractivity contribution in [2.45, 2.75) is 116 Å². The number of carbonyl (C=O) groups is 4. The second kappa shape index (κ2) is 10.7. The van der Waals surface area contributed by atoms with E-state index in [9.17, 15) is 19.2 Å². The number of unbranched alkanes of at least 4 members (excludes halogenated alkanes) is 1. The molecule has 0 N–H and O–H groups in total. The van der Waals surface area contributed by atoms with Crippen molar-refractivity contribution in [3.8, 4) is 0 Å². The Morgan fingerprint density at radius 2 is 1.03 bits per heavy atom. The van der Waals surface area contributed by atoms with E-state index in [2.05, 4.69) is 0 Å². The van der Waals surface area contributed by atoms with E-state index in [1.54, 1.807) is 9.80 Å². The molecule has 8 heteroatoms. The Balaban J connectivity index is 1.77. The zero-order valence-electron chi connectivity index (χ0n) is 20.6. The van der Waals surface area contributed by atoms with Crippen LogP contribution in [-0.4, -0.2) is 69.9 Å². The van der Waals surface area contributed by atoms with E-state index in [4.69, 9.17) is 9.47 Å². The Labute approximate surface area is 192 Å². The van der Waals surface area contributed by atoms with Crippen LogP contribution < -0.4 is 0 Å². The molecule has 2 aliphatic rings. The minimum atomic E-state index is -0.582. The number of hydrogen-bond acceptors (Lipinski definition) is 6. The Morgan fingerprint density at radius 1 is 0.688 bits per heavy atom. The van der Waals surface area contributed by atoms with Crippen LogP contribution in [0.2, 0.25) is 0 Å². The molecule has 0 aromatic rings. The molecule has 32 heavy (non-hydrogen) atoms. The number of carbonyl (C=O) groups excluding carboxylic acids is 4. The smallest absolute Gasteiger partial charge is 0.329 e. The summed E-state index contributed by atoms with van der Waals surface area (Å²) in [6.45, 7) is 12.0. The van der Waals surface area contributed by atoms with E-state index in [1.165, 1.54) is 0 Å². The SMILES string of the molecule is CC(C)(C)OC(=O)[C@H]1CCCN1C(=O)CCCCC(=O)N1CCC[C@@H]1C(=O)OC(C)(C)C. The molecular weight excluding hydrogens is 412 g/mol. The lowest BCUT2D eigenvalue weighted by atomic mass is 10.1. The number of esters is 2. The van der Waals surface area contributed by atoms with Crippen LogP contribution >= 0.6 is 0 Å². The van der Waals surface area contributed by atoms with Crippen molar-refractivity contribution in [3.05, 3.63) is 0 Å². The first kappa shape index (κ1) is 26.1. The highest BCUT2D eigenvalue weighted by Gasteiger charge is 2.38. The number of amides is 2. The van der Waals surface area contributed by atoms with Gasteiger partial charge in [0.25, 0.3) is 0 Å². The molecule has 2 fully saturated rings. The van der Waals surface area contributed by atoms with E-state index in [0.717, 1.165) is 12.8 Å². The lowest BCUT2D eigenvalue weighted by molar-refractivity contribution is -0.163. The van der Waals surface area contributed by atoms with Crippen molar-refractivity contribution >= 4 is 23.8 Å². The number of likely N-dealkylation sites (tertiary alicyclic amines) is 2. The topological polar surface area (TPSA) is 93.2 Å². The van der Waals surface area contributed by atoms with Crippen LogP contribution in [-0.2, 0) is 28.7 Å². The minimum Gasteiger partial charge on any atom is -0.458 e. The number of nitrogens with zero attached hydrogens (tertiary/aromatic N) is 2. The van der Waals surface area contributed by atoms with Crippen LogP contribution in [0.4, 0.5) is 0 Å². The maximum Gasteiger partial charge on any atom is 0.329 e. The molecule has 0 aromatic heterocycles. The maximum absolute atomic E-state index is 12.7. The van der Waals surface area contributed by atoms with Gasteiger partial charge in [-0.1, -0.05) is 0 Å². The van der Waals surface area contributed by atoms with Crippen LogP contribution in [0.3, 0.4) is 0 Å². The molecular formula is C24H40N2O6. The Bertz CT molecular complexity index is 646. The van der Waals surface area contributed by atoms with Crippen molar-refractivity contribution in [3.63, 3.8) is 0 Å². The van der Waals surface area contributed by atoms with Crippen LogP contribution in [0.15, 0.2) is 0 Å². The summed E-state index contributed by atoms with van der Waals surface area (Å²) in [5.41, 5.74) is -1.16. The second-order valence-corrected chi connectivity index (χ2v) is 10.8. The van der Waals surface area contributed by atoms with Gasteiger partial charge in [0.15, 0.2) is 0 Å². The van der Waals surface area contributed by atoms with Gasteiger partial charge in [0.1, 0.15) is 23.3 Å². The van der Waals surface area contributed by atoms with Gasteiger partial charge in [-0.2, -0.15) is 0 Å². The molecule has 2 saturated heterocycles. The molecule has 2 aliphatic heterocycles. The average molecular weight is 453 g/mol. The largest absolute Gasteiger partial charge is 0.458 e. The Kier molecular flexibility index (Phi) is 8.71. The molecule has 0 aliphatic carbocycles. The normalized spacial score (nSPS) is 21.6. The lowest BCUT2D eigenvalue weighted by Gasteiger charge is -2.28. The van der Waals surface area contributed by atoms with Gasteiger partial charge in [-0.15, -0.1) is 0 Å². The first-order chi connectivity index (χ1) is 14.8. The summed E-state index contributed by atoms with van der Waals surface area (Å²) < 4.78 is 10.9. The average Bonchev–Trinajstić information content (AvgIpc) is 3.31. The van der Waals surface area contributed by atoms with E-state index < -0.39 is 23.3 Å². The van der Waals surface area contributed by atoms with Gasteiger partial charge >= 0.3 is 11.9 Å². The molecule has 2 amide bonds.